The van der Waals surface area contributed by atoms with Gasteiger partial charge in [-0.15, -0.1) is 0 Å². The fourth-order valence-electron chi connectivity index (χ4n) is 3.28. The Kier molecular flexibility index (Phi) is 3.30. The highest BCUT2D eigenvalue weighted by Gasteiger charge is 2.38. The van der Waals surface area contributed by atoms with E-state index in [1.807, 2.05) is 12.1 Å². The molecule has 0 saturated heterocycles. The third kappa shape index (κ3) is 2.02. The smallest absolute Gasteiger partial charge is 0.162 e. The number of benzene rings is 2. The Morgan fingerprint density at radius 3 is 2.65 bits per heavy atom. The van der Waals surface area contributed by atoms with Gasteiger partial charge in [-0.05, 0) is 42.0 Å². The van der Waals surface area contributed by atoms with Gasteiger partial charge in [-0.1, -0.05) is 36.4 Å². The summed E-state index contributed by atoms with van der Waals surface area (Å²) in [5.74, 6) is -1.54. The Morgan fingerprint density at radius 2 is 1.85 bits per heavy atom. The summed E-state index contributed by atoms with van der Waals surface area (Å²) >= 11 is 0. The standard InChI is InChI=1S/C17H17F2N/c18-15-7-3-5-13(16(15)19)10-17(11-20)9-8-12-4-1-2-6-14(12)17/h1-7H,8-11,20H2. The zero-order valence-corrected chi connectivity index (χ0v) is 11.2. The summed E-state index contributed by atoms with van der Waals surface area (Å²) in [7, 11) is 0. The molecule has 104 valence electrons. The summed E-state index contributed by atoms with van der Waals surface area (Å²) in [6.07, 6.45) is 2.28. The highest BCUT2D eigenvalue weighted by molar-refractivity contribution is 5.41. The number of fused-ring (bicyclic) bond motifs is 1. The van der Waals surface area contributed by atoms with Gasteiger partial charge in [-0.3, -0.25) is 0 Å². The first-order chi connectivity index (χ1) is 9.66. The molecule has 1 aliphatic rings. The van der Waals surface area contributed by atoms with Crippen LogP contribution < -0.4 is 5.73 Å². The molecule has 0 aromatic heterocycles. The van der Waals surface area contributed by atoms with Crippen molar-refractivity contribution in [3.05, 3.63) is 70.8 Å². The molecule has 2 N–H and O–H groups in total. The van der Waals surface area contributed by atoms with Crippen LogP contribution in [-0.4, -0.2) is 6.54 Å². The third-order valence-corrected chi connectivity index (χ3v) is 4.41. The van der Waals surface area contributed by atoms with E-state index in [1.165, 1.54) is 11.1 Å². The highest BCUT2D eigenvalue weighted by atomic mass is 19.2. The van der Waals surface area contributed by atoms with Crippen LogP contribution in [0.4, 0.5) is 8.78 Å². The first-order valence-corrected chi connectivity index (χ1v) is 6.88. The topological polar surface area (TPSA) is 26.0 Å². The summed E-state index contributed by atoms with van der Waals surface area (Å²) in [4.78, 5) is 0. The molecule has 3 heteroatoms. The van der Waals surface area contributed by atoms with E-state index in [9.17, 15) is 8.78 Å². The highest BCUT2D eigenvalue weighted by Crippen LogP contribution is 2.41. The van der Waals surface area contributed by atoms with E-state index in [0.717, 1.165) is 18.9 Å². The molecule has 0 bridgehead atoms. The third-order valence-electron chi connectivity index (χ3n) is 4.41. The molecule has 0 saturated carbocycles. The molecule has 20 heavy (non-hydrogen) atoms. The normalized spacial score (nSPS) is 20.9. The van der Waals surface area contributed by atoms with E-state index in [0.29, 0.717) is 18.5 Å². The SMILES string of the molecule is NCC1(Cc2cccc(F)c2F)CCc2ccccc21. The Hall–Kier alpha value is -1.74. The maximum Gasteiger partial charge on any atom is 0.162 e. The minimum absolute atomic E-state index is 0.273. The molecule has 0 heterocycles. The van der Waals surface area contributed by atoms with E-state index in [2.05, 4.69) is 12.1 Å². The molecule has 1 aliphatic carbocycles. The molecule has 0 radical (unpaired) electrons. The second-order valence-electron chi connectivity index (χ2n) is 5.53. The quantitative estimate of drug-likeness (QED) is 0.912. The second-order valence-corrected chi connectivity index (χ2v) is 5.53. The van der Waals surface area contributed by atoms with Crippen molar-refractivity contribution in [2.75, 3.05) is 6.54 Å². The van der Waals surface area contributed by atoms with Crippen LogP contribution >= 0.6 is 0 Å². The van der Waals surface area contributed by atoms with Crippen molar-refractivity contribution < 1.29 is 8.78 Å². The minimum atomic E-state index is -0.791. The summed E-state index contributed by atoms with van der Waals surface area (Å²) in [6.45, 7) is 0.444. The van der Waals surface area contributed by atoms with Crippen LogP contribution in [0, 0.1) is 11.6 Å². The number of aryl methyl sites for hydroxylation is 1. The molecule has 1 nitrogen and oxygen atoms in total. The average Bonchev–Trinajstić information content (AvgIpc) is 2.84. The number of nitrogens with two attached hydrogens (primary N) is 1. The Bertz CT molecular complexity index is 639. The Morgan fingerprint density at radius 1 is 1.05 bits per heavy atom. The molecule has 0 aliphatic heterocycles. The lowest BCUT2D eigenvalue weighted by Gasteiger charge is -2.29. The number of hydrogen-bond acceptors (Lipinski definition) is 1. The van der Waals surface area contributed by atoms with Crippen molar-refractivity contribution in [1.82, 2.24) is 0 Å². The molecular formula is C17H17F2N. The monoisotopic (exact) mass is 273 g/mol. The van der Waals surface area contributed by atoms with Gasteiger partial charge in [-0.2, -0.15) is 0 Å². The Balaban J connectivity index is 2.02. The first-order valence-electron chi connectivity index (χ1n) is 6.88. The van der Waals surface area contributed by atoms with Crippen molar-refractivity contribution >= 4 is 0 Å². The summed E-state index contributed by atoms with van der Waals surface area (Å²) in [5.41, 5.74) is 8.60. The minimum Gasteiger partial charge on any atom is -0.330 e. The van der Waals surface area contributed by atoms with Gasteiger partial charge in [0.15, 0.2) is 11.6 Å². The molecule has 1 unspecified atom stereocenters. The van der Waals surface area contributed by atoms with Crippen LogP contribution in [0.1, 0.15) is 23.1 Å². The van der Waals surface area contributed by atoms with Gasteiger partial charge < -0.3 is 5.73 Å². The van der Waals surface area contributed by atoms with Crippen LogP contribution in [0.3, 0.4) is 0 Å². The average molecular weight is 273 g/mol. The number of rotatable bonds is 3. The van der Waals surface area contributed by atoms with Gasteiger partial charge in [0.25, 0.3) is 0 Å². The predicted molar refractivity (Wildman–Crippen MR) is 75.6 cm³/mol. The van der Waals surface area contributed by atoms with Gasteiger partial charge in [0.2, 0.25) is 0 Å². The second kappa shape index (κ2) is 4.98. The van der Waals surface area contributed by atoms with E-state index < -0.39 is 11.6 Å². The van der Waals surface area contributed by atoms with Crippen molar-refractivity contribution in [2.24, 2.45) is 5.73 Å². The van der Waals surface area contributed by atoms with Crippen LogP contribution in [0.15, 0.2) is 42.5 Å². The van der Waals surface area contributed by atoms with E-state index in [1.54, 1.807) is 12.1 Å². The predicted octanol–water partition coefficient (Wildman–Crippen LogP) is 3.35. The van der Waals surface area contributed by atoms with Crippen LogP contribution in [-0.2, 0) is 18.3 Å². The molecule has 2 aromatic carbocycles. The van der Waals surface area contributed by atoms with Crippen molar-refractivity contribution in [3.8, 4) is 0 Å². The number of halogens is 2. The fourth-order valence-corrected chi connectivity index (χ4v) is 3.28. The van der Waals surface area contributed by atoms with Crippen molar-refractivity contribution in [1.29, 1.82) is 0 Å². The molecular weight excluding hydrogens is 256 g/mol. The van der Waals surface area contributed by atoms with Gasteiger partial charge >= 0.3 is 0 Å². The van der Waals surface area contributed by atoms with Gasteiger partial charge in [0.1, 0.15) is 0 Å². The van der Waals surface area contributed by atoms with Crippen molar-refractivity contribution in [2.45, 2.75) is 24.7 Å². The zero-order valence-electron chi connectivity index (χ0n) is 11.2. The maximum absolute atomic E-state index is 13.9. The lowest BCUT2D eigenvalue weighted by atomic mass is 9.76. The van der Waals surface area contributed by atoms with Crippen LogP contribution in [0.5, 0.6) is 0 Å². The zero-order chi connectivity index (χ0) is 14.2. The largest absolute Gasteiger partial charge is 0.330 e. The summed E-state index contributed by atoms with van der Waals surface area (Å²) in [6, 6.07) is 12.5. The van der Waals surface area contributed by atoms with E-state index in [4.69, 9.17) is 5.73 Å². The molecule has 2 aromatic rings. The fraction of sp³-hybridized carbons (Fsp3) is 0.294. The summed E-state index contributed by atoms with van der Waals surface area (Å²) in [5, 5.41) is 0. The van der Waals surface area contributed by atoms with Gasteiger partial charge in [0.05, 0.1) is 0 Å². The van der Waals surface area contributed by atoms with Gasteiger partial charge in [-0.25, -0.2) is 8.78 Å². The van der Waals surface area contributed by atoms with Crippen molar-refractivity contribution in [3.63, 3.8) is 0 Å². The van der Waals surface area contributed by atoms with Gasteiger partial charge in [0, 0.05) is 12.0 Å². The van der Waals surface area contributed by atoms with Crippen LogP contribution in [0.25, 0.3) is 0 Å². The van der Waals surface area contributed by atoms with E-state index >= 15 is 0 Å². The van der Waals surface area contributed by atoms with E-state index in [-0.39, 0.29) is 5.41 Å². The number of hydrogen-bond donors (Lipinski definition) is 1. The molecule has 0 amide bonds. The lowest BCUT2D eigenvalue weighted by molar-refractivity contribution is 0.414. The van der Waals surface area contributed by atoms with Crippen LogP contribution in [0.2, 0.25) is 0 Å². The summed E-state index contributed by atoms with van der Waals surface area (Å²) < 4.78 is 27.3. The first kappa shape index (κ1) is 13.3. The maximum atomic E-state index is 13.9. The molecule has 1 atom stereocenters. The molecule has 0 spiro atoms. The molecule has 0 fully saturated rings. The Labute approximate surface area is 117 Å². The lowest BCUT2D eigenvalue weighted by Crippen LogP contribution is -2.35. The molecule has 3 rings (SSSR count).